The minimum absolute atomic E-state index is 0.197. The van der Waals surface area contributed by atoms with Crippen molar-refractivity contribution in [1.29, 1.82) is 0 Å². The van der Waals surface area contributed by atoms with Crippen LogP contribution in [0, 0.1) is 11.8 Å². The Labute approximate surface area is 95.6 Å². The number of ether oxygens (including phenoxy) is 1. The first kappa shape index (κ1) is 9.88. The largest absolute Gasteiger partial charge is 0.464 e. The van der Waals surface area contributed by atoms with Crippen LogP contribution in [0.5, 0.6) is 0 Å². The van der Waals surface area contributed by atoms with Gasteiger partial charge in [-0.05, 0) is 42.6 Å². The fourth-order valence-electron chi connectivity index (χ4n) is 3.57. The highest BCUT2D eigenvalue weighted by molar-refractivity contribution is 5.38. The molecule has 1 aromatic carbocycles. The third-order valence-electron chi connectivity index (χ3n) is 4.25. The maximum atomic E-state index is 10.4. The zero-order valence-corrected chi connectivity index (χ0v) is 9.21. The van der Waals surface area contributed by atoms with E-state index in [1.165, 1.54) is 18.4 Å². The van der Waals surface area contributed by atoms with Crippen molar-refractivity contribution in [2.24, 2.45) is 11.8 Å². The van der Waals surface area contributed by atoms with Crippen LogP contribution in [0.4, 0.5) is 0 Å². The maximum absolute atomic E-state index is 10.4. The van der Waals surface area contributed by atoms with Crippen molar-refractivity contribution < 1.29 is 9.53 Å². The first-order valence-corrected chi connectivity index (χ1v) is 6.02. The minimum atomic E-state index is 0.197. The summed E-state index contributed by atoms with van der Waals surface area (Å²) in [4.78, 5) is 10.4. The van der Waals surface area contributed by atoms with E-state index in [1.54, 1.807) is 0 Å². The van der Waals surface area contributed by atoms with Crippen LogP contribution in [-0.2, 0) is 9.53 Å². The molecule has 2 aliphatic rings. The van der Waals surface area contributed by atoms with Gasteiger partial charge in [0.2, 0.25) is 0 Å². The van der Waals surface area contributed by atoms with E-state index in [2.05, 4.69) is 30.3 Å². The second kappa shape index (κ2) is 3.93. The third kappa shape index (κ3) is 1.53. The van der Waals surface area contributed by atoms with Crippen molar-refractivity contribution in [2.75, 3.05) is 0 Å². The van der Waals surface area contributed by atoms with Gasteiger partial charge in [-0.25, -0.2) is 0 Å². The summed E-state index contributed by atoms with van der Waals surface area (Å²) in [5.41, 5.74) is 1.46. The molecular formula is C14H16O2. The van der Waals surface area contributed by atoms with Gasteiger partial charge in [0.15, 0.2) is 0 Å². The van der Waals surface area contributed by atoms with Gasteiger partial charge >= 0.3 is 0 Å². The Morgan fingerprint density at radius 3 is 2.50 bits per heavy atom. The number of benzene rings is 1. The molecule has 0 saturated heterocycles. The van der Waals surface area contributed by atoms with Gasteiger partial charge in [0.1, 0.15) is 6.10 Å². The average molecular weight is 216 g/mol. The lowest BCUT2D eigenvalue weighted by atomic mass is 9.82. The van der Waals surface area contributed by atoms with Gasteiger partial charge in [-0.2, -0.15) is 0 Å². The number of carbonyl (C=O) groups excluding carboxylic acids is 1. The highest BCUT2D eigenvalue weighted by Gasteiger charge is 2.47. The van der Waals surface area contributed by atoms with E-state index in [9.17, 15) is 4.79 Å². The molecule has 4 atom stereocenters. The highest BCUT2D eigenvalue weighted by Crippen LogP contribution is 2.53. The second-order valence-electron chi connectivity index (χ2n) is 5.02. The van der Waals surface area contributed by atoms with Crippen LogP contribution in [0.25, 0.3) is 0 Å². The molecule has 2 bridgehead atoms. The van der Waals surface area contributed by atoms with Gasteiger partial charge < -0.3 is 4.74 Å². The van der Waals surface area contributed by atoms with E-state index in [0.717, 1.165) is 12.3 Å². The molecule has 0 heterocycles. The van der Waals surface area contributed by atoms with Gasteiger partial charge in [0.05, 0.1) is 0 Å². The molecule has 0 N–H and O–H groups in total. The quantitative estimate of drug-likeness (QED) is 0.726. The Hall–Kier alpha value is -1.31. The van der Waals surface area contributed by atoms with Crippen LogP contribution < -0.4 is 0 Å². The van der Waals surface area contributed by atoms with Crippen LogP contribution in [0.1, 0.15) is 30.7 Å². The van der Waals surface area contributed by atoms with Crippen molar-refractivity contribution in [2.45, 2.75) is 31.3 Å². The summed E-state index contributed by atoms with van der Waals surface area (Å²) in [6.45, 7) is 0.614. The van der Waals surface area contributed by atoms with E-state index < -0.39 is 0 Å². The Kier molecular flexibility index (Phi) is 2.43. The first-order chi connectivity index (χ1) is 7.88. The number of hydrogen-bond donors (Lipinski definition) is 0. The van der Waals surface area contributed by atoms with E-state index in [1.807, 2.05) is 0 Å². The summed E-state index contributed by atoms with van der Waals surface area (Å²) in [5, 5.41) is 0. The molecular weight excluding hydrogens is 200 g/mol. The van der Waals surface area contributed by atoms with E-state index in [4.69, 9.17) is 4.74 Å². The fraction of sp³-hybridized carbons (Fsp3) is 0.500. The van der Waals surface area contributed by atoms with Crippen LogP contribution in [-0.4, -0.2) is 12.6 Å². The van der Waals surface area contributed by atoms with Crippen molar-refractivity contribution in [3.8, 4) is 0 Å². The lowest BCUT2D eigenvalue weighted by Gasteiger charge is -2.27. The number of hydrogen-bond acceptors (Lipinski definition) is 2. The Morgan fingerprint density at radius 1 is 1.06 bits per heavy atom. The standard InChI is InChI=1S/C14H16O2/c15-9-16-14-8-11-6-12(14)7-13(11)10-4-2-1-3-5-10/h1-5,9,11-14H,6-8H2/t11-,12-,13-,14+/m1/s1. The van der Waals surface area contributed by atoms with Crippen LogP contribution >= 0.6 is 0 Å². The van der Waals surface area contributed by atoms with Gasteiger partial charge in [0, 0.05) is 0 Å². The monoisotopic (exact) mass is 216 g/mol. The summed E-state index contributed by atoms with van der Waals surface area (Å²) < 4.78 is 5.14. The Balaban J connectivity index is 1.74. The second-order valence-corrected chi connectivity index (χ2v) is 5.02. The predicted molar refractivity (Wildman–Crippen MR) is 61.0 cm³/mol. The molecule has 2 heteroatoms. The smallest absolute Gasteiger partial charge is 0.293 e. The number of rotatable bonds is 3. The summed E-state index contributed by atoms with van der Waals surface area (Å²) in [5.74, 6) is 2.01. The molecule has 3 rings (SSSR count). The van der Waals surface area contributed by atoms with Crippen molar-refractivity contribution >= 4 is 6.47 Å². The zero-order chi connectivity index (χ0) is 11.0. The lowest BCUT2D eigenvalue weighted by Crippen LogP contribution is -2.23. The molecule has 16 heavy (non-hydrogen) atoms. The SMILES string of the molecule is O=CO[C@H]1C[C@H]2C[C@@H]1C[C@@H]2c1ccccc1. The summed E-state index contributed by atoms with van der Waals surface area (Å²) >= 11 is 0. The molecule has 0 aromatic heterocycles. The molecule has 2 aliphatic carbocycles. The Bertz CT molecular complexity index is 374. The van der Waals surface area contributed by atoms with Gasteiger partial charge in [-0.15, -0.1) is 0 Å². The maximum Gasteiger partial charge on any atom is 0.293 e. The average Bonchev–Trinajstić information content (AvgIpc) is 2.90. The Morgan fingerprint density at radius 2 is 1.88 bits per heavy atom. The zero-order valence-electron chi connectivity index (χ0n) is 9.21. The topological polar surface area (TPSA) is 26.3 Å². The van der Waals surface area contributed by atoms with Gasteiger partial charge in [0.25, 0.3) is 6.47 Å². The molecule has 2 saturated carbocycles. The molecule has 0 radical (unpaired) electrons. The lowest BCUT2D eigenvalue weighted by molar-refractivity contribution is -0.135. The van der Waals surface area contributed by atoms with Crippen molar-refractivity contribution in [3.05, 3.63) is 35.9 Å². The normalized spacial score (nSPS) is 36.2. The molecule has 1 aromatic rings. The first-order valence-electron chi connectivity index (χ1n) is 6.02. The molecule has 0 unspecified atom stereocenters. The van der Waals surface area contributed by atoms with Crippen molar-refractivity contribution in [1.82, 2.24) is 0 Å². The molecule has 2 nitrogen and oxygen atoms in total. The number of carbonyl (C=O) groups is 1. The molecule has 0 amide bonds. The van der Waals surface area contributed by atoms with E-state index in [-0.39, 0.29) is 6.10 Å². The van der Waals surface area contributed by atoms with Crippen LogP contribution in [0.15, 0.2) is 30.3 Å². The van der Waals surface area contributed by atoms with Gasteiger partial charge in [-0.1, -0.05) is 30.3 Å². The number of fused-ring (bicyclic) bond motifs is 2. The molecule has 84 valence electrons. The van der Waals surface area contributed by atoms with Crippen molar-refractivity contribution in [3.63, 3.8) is 0 Å². The fourth-order valence-corrected chi connectivity index (χ4v) is 3.57. The van der Waals surface area contributed by atoms with E-state index >= 15 is 0 Å². The minimum Gasteiger partial charge on any atom is -0.464 e. The molecule has 0 aliphatic heterocycles. The molecule has 2 fully saturated rings. The van der Waals surface area contributed by atoms with Crippen LogP contribution in [0.2, 0.25) is 0 Å². The summed E-state index contributed by atoms with van der Waals surface area (Å²) in [6.07, 6.45) is 3.68. The summed E-state index contributed by atoms with van der Waals surface area (Å²) in [7, 11) is 0. The molecule has 0 spiro atoms. The van der Waals surface area contributed by atoms with Gasteiger partial charge in [-0.3, -0.25) is 4.79 Å². The third-order valence-corrected chi connectivity index (χ3v) is 4.25. The van der Waals surface area contributed by atoms with E-state index in [0.29, 0.717) is 18.3 Å². The highest BCUT2D eigenvalue weighted by atomic mass is 16.5. The summed E-state index contributed by atoms with van der Waals surface area (Å²) in [6, 6.07) is 10.7. The van der Waals surface area contributed by atoms with Crippen LogP contribution in [0.3, 0.4) is 0 Å². The predicted octanol–water partition coefficient (Wildman–Crippen LogP) is 2.74.